The van der Waals surface area contributed by atoms with Gasteiger partial charge in [0, 0.05) is 19.3 Å². The molecule has 0 saturated heterocycles. The van der Waals surface area contributed by atoms with Gasteiger partial charge in [-0.15, -0.1) is 0 Å². The van der Waals surface area contributed by atoms with Crippen LogP contribution >= 0.6 is 0 Å². The van der Waals surface area contributed by atoms with Crippen molar-refractivity contribution in [3.05, 3.63) is 15.9 Å². The van der Waals surface area contributed by atoms with Crippen LogP contribution in [0.15, 0.2) is 0 Å². The number of hydrogen-bond acceptors (Lipinski definition) is 8. The van der Waals surface area contributed by atoms with Crippen LogP contribution < -0.4 is 0 Å². The number of rotatable bonds is 4. The second kappa shape index (κ2) is 6.06. The van der Waals surface area contributed by atoms with Gasteiger partial charge in [0.15, 0.2) is 0 Å². The zero-order chi connectivity index (χ0) is 15.4. The monoisotopic (exact) mass is 287 g/mol. The molecule has 1 rings (SSSR count). The molecule has 1 heterocycles. The van der Waals surface area contributed by atoms with Gasteiger partial charge in [-0.2, -0.15) is 0 Å². The molecule has 0 aliphatic rings. The summed E-state index contributed by atoms with van der Waals surface area (Å²) >= 11 is 0. The summed E-state index contributed by atoms with van der Waals surface area (Å²) in [5.41, 5.74) is 0. The van der Waals surface area contributed by atoms with E-state index in [9.17, 15) is 19.7 Å². The summed E-state index contributed by atoms with van der Waals surface area (Å²) in [6.07, 6.45) is -1.68. The highest BCUT2D eigenvalue weighted by atomic mass is 16.6. The third kappa shape index (κ3) is 2.88. The lowest BCUT2D eigenvalue weighted by molar-refractivity contribution is -0.394. The number of carbonyl (C=O) groups excluding carboxylic acids is 2. The molecule has 20 heavy (non-hydrogen) atoms. The topological polar surface area (TPSA) is 130 Å². The lowest BCUT2D eigenvalue weighted by Gasteiger charge is -2.21. The Kier molecular flexibility index (Phi) is 4.69. The summed E-state index contributed by atoms with van der Waals surface area (Å²) in [5, 5.41) is 13.9. The molecule has 1 atom stereocenters. The van der Waals surface area contributed by atoms with Crippen LogP contribution in [-0.4, -0.2) is 64.1 Å². The molecule has 110 valence electrons. The molecule has 1 unspecified atom stereocenters. The molecule has 11 heteroatoms. The maximum absolute atomic E-state index is 12.1. The fraction of sp³-hybridized carbons (Fsp3) is 0.556. The second-order valence-corrected chi connectivity index (χ2v) is 3.63. The molecule has 0 N–H and O–H groups in total. The van der Waals surface area contributed by atoms with Crippen LogP contribution in [0, 0.1) is 10.1 Å². The molecule has 1 amide bonds. The van der Waals surface area contributed by atoms with Crippen molar-refractivity contribution in [1.82, 2.24) is 19.7 Å². The van der Waals surface area contributed by atoms with Gasteiger partial charge in [0.25, 0.3) is 0 Å². The Morgan fingerprint density at radius 1 is 1.45 bits per heavy atom. The van der Waals surface area contributed by atoms with Crippen molar-refractivity contribution in [2.75, 3.05) is 21.3 Å². The van der Waals surface area contributed by atoms with Gasteiger partial charge in [-0.1, -0.05) is 4.68 Å². The zero-order valence-corrected chi connectivity index (χ0v) is 11.3. The summed E-state index contributed by atoms with van der Waals surface area (Å²) in [4.78, 5) is 37.8. The van der Waals surface area contributed by atoms with E-state index < -0.39 is 34.9 Å². The Bertz CT molecular complexity index is 541. The number of nitro groups is 1. The quantitative estimate of drug-likeness (QED) is 0.425. The highest BCUT2D eigenvalue weighted by Gasteiger charge is 2.34. The molecule has 0 aromatic carbocycles. The number of hydrogen-bond donors (Lipinski definition) is 0. The highest BCUT2D eigenvalue weighted by Crippen LogP contribution is 2.10. The molecule has 0 saturated carbocycles. The Balaban J connectivity index is 3.24. The molecule has 11 nitrogen and oxygen atoms in total. The largest absolute Gasteiger partial charge is 0.492 e. The second-order valence-electron chi connectivity index (χ2n) is 3.63. The Morgan fingerprint density at radius 3 is 2.50 bits per heavy atom. The van der Waals surface area contributed by atoms with E-state index in [1.54, 1.807) is 6.92 Å². The van der Waals surface area contributed by atoms with Gasteiger partial charge in [-0.3, -0.25) is 4.79 Å². The Hall–Kier alpha value is -2.56. The van der Waals surface area contributed by atoms with Crippen LogP contribution in [0.1, 0.15) is 17.5 Å². The average Bonchev–Trinajstić information content (AvgIpc) is 2.89. The first kappa shape index (κ1) is 15.5. The first-order valence-electron chi connectivity index (χ1n) is 5.33. The van der Waals surface area contributed by atoms with Crippen molar-refractivity contribution in [3.63, 3.8) is 0 Å². The zero-order valence-electron chi connectivity index (χ0n) is 11.3. The van der Waals surface area contributed by atoms with Gasteiger partial charge in [-0.25, -0.2) is 4.79 Å². The smallest absolute Gasteiger partial charge is 0.450 e. The van der Waals surface area contributed by atoms with Crippen LogP contribution in [0.3, 0.4) is 0 Å². The number of ether oxygens (including phenoxy) is 2. The Morgan fingerprint density at radius 2 is 2.05 bits per heavy atom. The summed E-state index contributed by atoms with van der Waals surface area (Å²) in [6.45, 7) is 1.57. The minimum absolute atomic E-state index is 0.430. The van der Waals surface area contributed by atoms with E-state index in [1.165, 1.54) is 14.2 Å². The molecule has 0 fully saturated rings. The first-order chi connectivity index (χ1) is 9.33. The van der Waals surface area contributed by atoms with Gasteiger partial charge in [-0.05, 0) is 16.8 Å². The maximum atomic E-state index is 12.1. The minimum atomic E-state index is -1.06. The Labute approximate surface area is 113 Å². The molecule has 1 aromatic heterocycles. The molecule has 0 bridgehead atoms. The molecule has 0 aliphatic carbocycles. The van der Waals surface area contributed by atoms with E-state index in [1.807, 2.05) is 0 Å². The van der Waals surface area contributed by atoms with Crippen LogP contribution in [0.4, 0.5) is 10.7 Å². The van der Waals surface area contributed by atoms with Gasteiger partial charge in [0.2, 0.25) is 0 Å². The molecular weight excluding hydrogens is 274 g/mol. The van der Waals surface area contributed by atoms with Crippen LogP contribution in [0.2, 0.25) is 0 Å². The molecule has 0 spiro atoms. The fourth-order valence-electron chi connectivity index (χ4n) is 1.21. The first-order valence-corrected chi connectivity index (χ1v) is 5.33. The summed E-state index contributed by atoms with van der Waals surface area (Å²) in [5.74, 6) is -2.18. The van der Waals surface area contributed by atoms with Gasteiger partial charge in [0.05, 0.1) is 7.11 Å². The predicted molar refractivity (Wildman–Crippen MR) is 63.0 cm³/mol. The van der Waals surface area contributed by atoms with Crippen molar-refractivity contribution in [2.45, 2.75) is 13.2 Å². The van der Waals surface area contributed by atoms with Crippen molar-refractivity contribution in [3.8, 4) is 0 Å². The van der Waals surface area contributed by atoms with Gasteiger partial charge >= 0.3 is 23.8 Å². The average molecular weight is 287 g/mol. The van der Waals surface area contributed by atoms with E-state index >= 15 is 0 Å². The number of methoxy groups -OCH3 is 2. The SMILES string of the molecule is COC(=O)n1nc([N+](=O)[O-])nc1C(=O)N(C)C(C)OC. The molecule has 1 aromatic rings. The summed E-state index contributed by atoms with van der Waals surface area (Å²) in [6, 6.07) is 0. The number of carbonyl (C=O) groups is 2. The van der Waals surface area contributed by atoms with Crippen molar-refractivity contribution in [1.29, 1.82) is 0 Å². The molecule has 0 aliphatic heterocycles. The standard InChI is InChI=1S/C9H13N5O6/c1-5(19-3)12(2)7(15)6-10-8(14(17)18)11-13(6)9(16)20-4/h5H,1-4H3. The van der Waals surface area contributed by atoms with Crippen molar-refractivity contribution >= 4 is 17.9 Å². The summed E-state index contributed by atoms with van der Waals surface area (Å²) in [7, 11) is 3.81. The number of nitrogens with zero attached hydrogens (tertiary/aromatic N) is 5. The van der Waals surface area contributed by atoms with Gasteiger partial charge in [0.1, 0.15) is 6.23 Å². The lowest BCUT2D eigenvalue weighted by Crippen LogP contribution is -2.38. The highest BCUT2D eigenvalue weighted by molar-refractivity contribution is 5.93. The van der Waals surface area contributed by atoms with E-state index in [-0.39, 0.29) is 0 Å². The van der Waals surface area contributed by atoms with E-state index in [0.717, 1.165) is 12.0 Å². The van der Waals surface area contributed by atoms with Crippen LogP contribution in [-0.2, 0) is 9.47 Å². The normalized spacial score (nSPS) is 11.8. The summed E-state index contributed by atoms with van der Waals surface area (Å²) < 4.78 is 9.75. The third-order valence-corrected chi connectivity index (χ3v) is 2.50. The van der Waals surface area contributed by atoms with E-state index in [2.05, 4.69) is 14.8 Å². The fourth-order valence-corrected chi connectivity index (χ4v) is 1.21. The lowest BCUT2D eigenvalue weighted by atomic mass is 10.4. The molecule has 0 radical (unpaired) electrons. The van der Waals surface area contributed by atoms with E-state index in [4.69, 9.17) is 4.74 Å². The van der Waals surface area contributed by atoms with Crippen LogP contribution in [0.5, 0.6) is 0 Å². The maximum Gasteiger partial charge on any atom is 0.492 e. The minimum Gasteiger partial charge on any atom is -0.450 e. The van der Waals surface area contributed by atoms with E-state index in [0.29, 0.717) is 4.68 Å². The van der Waals surface area contributed by atoms with Crippen LogP contribution in [0.25, 0.3) is 0 Å². The number of amides is 1. The van der Waals surface area contributed by atoms with Crippen molar-refractivity contribution in [2.24, 2.45) is 0 Å². The third-order valence-electron chi connectivity index (χ3n) is 2.50. The number of aromatic nitrogens is 3. The molecular formula is C9H13N5O6. The predicted octanol–water partition coefficient (Wildman–Crippen LogP) is -0.135. The van der Waals surface area contributed by atoms with Crippen molar-refractivity contribution < 1.29 is 24.0 Å². The van der Waals surface area contributed by atoms with Gasteiger partial charge < -0.3 is 24.5 Å².